The van der Waals surface area contributed by atoms with Crippen LogP contribution in [0, 0.1) is 0 Å². The molecule has 0 bridgehead atoms. The largest absolute Gasteiger partial charge is 0.490 e. The summed E-state index contributed by atoms with van der Waals surface area (Å²) < 4.78 is 17.2. The van der Waals surface area contributed by atoms with Gasteiger partial charge in [0.15, 0.2) is 11.5 Å². The van der Waals surface area contributed by atoms with Gasteiger partial charge in [-0.2, -0.15) is 0 Å². The number of fused-ring (bicyclic) bond motifs is 1. The molecule has 1 saturated heterocycles. The van der Waals surface area contributed by atoms with Gasteiger partial charge in [0.25, 0.3) is 11.1 Å². The third kappa shape index (κ3) is 3.89. The Kier molecular flexibility index (Phi) is 5.35. The number of H-pyrrole nitrogens is 1. The standard InChI is InChI=1S/C21H22N4O4S/c26-19(13-30-21-24-23-20(29-21)15-4-1-8-22-15)25-9-2-5-16(25)14-6-7-17-18(12-14)28-11-3-10-27-17/h1,4,6-8,12,16,22H,2-3,5,9-11,13H2. The Morgan fingerprint density at radius 2 is 2.07 bits per heavy atom. The van der Waals surface area contributed by atoms with E-state index in [1.807, 2.05) is 35.2 Å². The van der Waals surface area contributed by atoms with Gasteiger partial charge in [0, 0.05) is 19.2 Å². The van der Waals surface area contributed by atoms with E-state index in [4.69, 9.17) is 13.9 Å². The van der Waals surface area contributed by atoms with Crippen LogP contribution in [0.15, 0.2) is 46.2 Å². The Labute approximate surface area is 178 Å². The van der Waals surface area contributed by atoms with Crippen molar-refractivity contribution in [3.05, 3.63) is 42.1 Å². The van der Waals surface area contributed by atoms with Crippen molar-refractivity contribution in [1.29, 1.82) is 0 Å². The number of hydrogen-bond acceptors (Lipinski definition) is 7. The van der Waals surface area contributed by atoms with Gasteiger partial charge in [-0.1, -0.05) is 17.8 Å². The summed E-state index contributed by atoms with van der Waals surface area (Å²) in [5, 5.41) is 8.44. The third-order valence-electron chi connectivity index (χ3n) is 5.28. The number of benzene rings is 1. The first kappa shape index (κ1) is 19.0. The first-order valence-electron chi connectivity index (χ1n) is 10.1. The summed E-state index contributed by atoms with van der Waals surface area (Å²) in [6, 6.07) is 9.78. The van der Waals surface area contributed by atoms with Gasteiger partial charge in [0.05, 0.1) is 25.0 Å². The predicted octanol–water partition coefficient (Wildman–Crippen LogP) is 3.68. The van der Waals surface area contributed by atoms with Crippen molar-refractivity contribution in [2.75, 3.05) is 25.5 Å². The molecule has 1 unspecified atom stereocenters. The van der Waals surface area contributed by atoms with E-state index in [1.54, 1.807) is 6.20 Å². The SMILES string of the molecule is O=C(CSc1nnc(-c2ccc[nH]2)o1)N1CCCC1c1ccc2c(c1)OCCCO2. The molecular weight excluding hydrogens is 404 g/mol. The molecule has 1 aromatic carbocycles. The lowest BCUT2D eigenvalue weighted by Gasteiger charge is -2.25. The molecule has 8 nitrogen and oxygen atoms in total. The highest BCUT2D eigenvalue weighted by atomic mass is 32.2. The first-order chi connectivity index (χ1) is 14.8. The van der Waals surface area contributed by atoms with Crippen LogP contribution < -0.4 is 9.47 Å². The molecule has 1 N–H and O–H groups in total. The summed E-state index contributed by atoms with van der Waals surface area (Å²) in [5.74, 6) is 2.28. The van der Waals surface area contributed by atoms with Crippen molar-refractivity contribution >= 4 is 17.7 Å². The molecule has 4 heterocycles. The molecule has 3 aromatic rings. The Hall–Kier alpha value is -2.94. The van der Waals surface area contributed by atoms with Gasteiger partial charge in [-0.15, -0.1) is 10.2 Å². The monoisotopic (exact) mass is 426 g/mol. The van der Waals surface area contributed by atoms with E-state index >= 15 is 0 Å². The summed E-state index contributed by atoms with van der Waals surface area (Å²) >= 11 is 1.27. The summed E-state index contributed by atoms with van der Waals surface area (Å²) in [6.45, 7) is 2.06. The highest BCUT2D eigenvalue weighted by Crippen LogP contribution is 2.38. The van der Waals surface area contributed by atoms with Crippen molar-refractivity contribution in [2.45, 2.75) is 30.5 Å². The molecule has 0 saturated carbocycles. The minimum atomic E-state index is 0.0485. The third-order valence-corrected chi connectivity index (χ3v) is 6.09. The van der Waals surface area contributed by atoms with Crippen molar-refractivity contribution < 1.29 is 18.7 Å². The Bertz CT molecular complexity index is 1020. The Morgan fingerprint density at radius 1 is 1.17 bits per heavy atom. The van der Waals surface area contributed by atoms with Gasteiger partial charge in [-0.05, 0) is 42.7 Å². The van der Waals surface area contributed by atoms with Crippen LogP contribution in [0.4, 0.5) is 0 Å². The molecule has 5 rings (SSSR count). The van der Waals surface area contributed by atoms with Crippen LogP contribution in [0.5, 0.6) is 11.5 Å². The molecule has 0 aliphatic carbocycles. The van der Waals surface area contributed by atoms with Gasteiger partial charge < -0.3 is 23.8 Å². The van der Waals surface area contributed by atoms with E-state index in [-0.39, 0.29) is 17.7 Å². The second-order valence-corrected chi connectivity index (χ2v) is 8.17. The van der Waals surface area contributed by atoms with Crippen LogP contribution in [0.3, 0.4) is 0 Å². The number of ether oxygens (including phenoxy) is 2. The number of hydrogen-bond donors (Lipinski definition) is 1. The average molecular weight is 426 g/mol. The lowest BCUT2D eigenvalue weighted by Crippen LogP contribution is -2.32. The van der Waals surface area contributed by atoms with Crippen molar-refractivity contribution in [3.8, 4) is 23.1 Å². The molecule has 1 amide bonds. The Morgan fingerprint density at radius 3 is 2.93 bits per heavy atom. The number of amides is 1. The molecule has 9 heteroatoms. The van der Waals surface area contributed by atoms with Crippen molar-refractivity contribution in [2.24, 2.45) is 0 Å². The zero-order chi connectivity index (χ0) is 20.3. The lowest BCUT2D eigenvalue weighted by atomic mass is 10.0. The zero-order valence-corrected chi connectivity index (χ0v) is 17.2. The highest BCUT2D eigenvalue weighted by molar-refractivity contribution is 7.99. The number of likely N-dealkylation sites (tertiary alicyclic amines) is 1. The molecule has 2 aliphatic rings. The van der Waals surface area contributed by atoms with E-state index < -0.39 is 0 Å². The second-order valence-electron chi connectivity index (χ2n) is 7.25. The maximum atomic E-state index is 12.9. The average Bonchev–Trinajstić information content (AvgIpc) is 3.51. The molecule has 1 atom stereocenters. The molecule has 156 valence electrons. The van der Waals surface area contributed by atoms with Gasteiger partial charge in [0.1, 0.15) is 5.69 Å². The number of aromatic nitrogens is 3. The van der Waals surface area contributed by atoms with Crippen molar-refractivity contribution in [3.63, 3.8) is 0 Å². The number of aromatic amines is 1. The Balaban J connectivity index is 1.25. The minimum absolute atomic E-state index is 0.0485. The molecule has 2 aliphatic heterocycles. The van der Waals surface area contributed by atoms with E-state index in [9.17, 15) is 4.79 Å². The zero-order valence-electron chi connectivity index (χ0n) is 16.4. The van der Waals surface area contributed by atoms with Gasteiger partial charge in [0.2, 0.25) is 5.91 Å². The fourth-order valence-electron chi connectivity index (χ4n) is 3.85. The quantitative estimate of drug-likeness (QED) is 0.622. The van der Waals surface area contributed by atoms with Gasteiger partial charge in [-0.25, -0.2) is 0 Å². The smallest absolute Gasteiger partial charge is 0.277 e. The lowest BCUT2D eigenvalue weighted by molar-refractivity contribution is -0.129. The van der Waals surface area contributed by atoms with Crippen LogP contribution in [-0.4, -0.2) is 51.5 Å². The maximum absolute atomic E-state index is 12.9. The van der Waals surface area contributed by atoms with Crippen molar-refractivity contribution in [1.82, 2.24) is 20.1 Å². The maximum Gasteiger partial charge on any atom is 0.277 e. The van der Waals surface area contributed by atoms with Crippen LogP contribution in [0.1, 0.15) is 30.9 Å². The minimum Gasteiger partial charge on any atom is -0.490 e. The number of nitrogens with one attached hydrogen (secondary N) is 1. The summed E-state index contributed by atoms with van der Waals surface area (Å²) in [4.78, 5) is 17.9. The normalized spacial score (nSPS) is 18.4. The summed E-state index contributed by atoms with van der Waals surface area (Å²) in [5.41, 5.74) is 1.84. The fourth-order valence-corrected chi connectivity index (χ4v) is 4.49. The van der Waals surface area contributed by atoms with E-state index in [0.29, 0.717) is 24.3 Å². The van der Waals surface area contributed by atoms with Gasteiger partial charge in [-0.3, -0.25) is 4.79 Å². The molecule has 0 spiro atoms. The van der Waals surface area contributed by atoms with Crippen LogP contribution in [0.25, 0.3) is 11.6 Å². The molecule has 0 radical (unpaired) electrons. The van der Waals surface area contributed by atoms with E-state index in [2.05, 4.69) is 15.2 Å². The number of carbonyl (C=O) groups excluding carboxylic acids is 1. The second kappa shape index (κ2) is 8.43. The number of thioether (sulfide) groups is 1. The highest BCUT2D eigenvalue weighted by Gasteiger charge is 2.31. The first-order valence-corrected chi connectivity index (χ1v) is 11.1. The van der Waals surface area contributed by atoms with Crippen LogP contribution in [0.2, 0.25) is 0 Å². The number of carbonyl (C=O) groups is 1. The molecule has 30 heavy (non-hydrogen) atoms. The van der Waals surface area contributed by atoms with Crippen LogP contribution >= 0.6 is 11.8 Å². The molecule has 2 aromatic heterocycles. The summed E-state index contributed by atoms with van der Waals surface area (Å²) in [7, 11) is 0. The number of rotatable bonds is 5. The van der Waals surface area contributed by atoms with E-state index in [0.717, 1.165) is 48.6 Å². The predicted molar refractivity (Wildman–Crippen MR) is 111 cm³/mol. The topological polar surface area (TPSA) is 93.5 Å². The van der Waals surface area contributed by atoms with Gasteiger partial charge >= 0.3 is 0 Å². The summed E-state index contributed by atoms with van der Waals surface area (Å²) in [6.07, 6.45) is 4.58. The van der Waals surface area contributed by atoms with Crippen LogP contribution in [-0.2, 0) is 4.79 Å². The molecule has 1 fully saturated rings. The van der Waals surface area contributed by atoms with E-state index in [1.165, 1.54) is 11.8 Å². The number of nitrogens with zero attached hydrogens (tertiary/aromatic N) is 3. The molecular formula is C21H22N4O4S. The fraction of sp³-hybridized carbons (Fsp3) is 0.381.